The summed E-state index contributed by atoms with van der Waals surface area (Å²) >= 11 is 3.34. The van der Waals surface area contributed by atoms with Crippen molar-refractivity contribution in [2.75, 3.05) is 7.11 Å². The van der Waals surface area contributed by atoms with Gasteiger partial charge in [-0.1, -0.05) is 13.3 Å². The number of carboxylic acids is 1. The Morgan fingerprint density at radius 3 is 2.57 bits per heavy atom. The maximum Gasteiger partial charge on any atom is 0.329 e. The fraction of sp³-hybridized carbons (Fsp3) is 0.529. The molecular formula is C17H22BrNO4. The van der Waals surface area contributed by atoms with Gasteiger partial charge in [0.2, 0.25) is 0 Å². The van der Waals surface area contributed by atoms with Gasteiger partial charge in [-0.25, -0.2) is 4.79 Å². The van der Waals surface area contributed by atoms with Gasteiger partial charge < -0.3 is 15.2 Å². The average Bonchev–Trinajstić information content (AvgIpc) is 2.55. The van der Waals surface area contributed by atoms with Gasteiger partial charge in [0.15, 0.2) is 0 Å². The number of carboxylic acid groups (broad SMARTS) is 1. The zero-order chi connectivity index (χ0) is 17.0. The van der Waals surface area contributed by atoms with Gasteiger partial charge in [-0.3, -0.25) is 4.79 Å². The van der Waals surface area contributed by atoms with Crippen molar-refractivity contribution < 1.29 is 19.4 Å². The highest BCUT2D eigenvalue weighted by atomic mass is 79.9. The first-order valence-corrected chi connectivity index (χ1v) is 8.60. The van der Waals surface area contributed by atoms with Crippen LogP contribution in [0.2, 0.25) is 0 Å². The Bertz CT molecular complexity index is 594. The maximum atomic E-state index is 12.6. The Morgan fingerprint density at radius 2 is 2.04 bits per heavy atom. The molecule has 23 heavy (non-hydrogen) atoms. The van der Waals surface area contributed by atoms with Crippen LogP contribution in [-0.4, -0.2) is 29.6 Å². The number of amides is 1. The highest BCUT2D eigenvalue weighted by molar-refractivity contribution is 9.10. The van der Waals surface area contributed by atoms with Crippen LogP contribution >= 0.6 is 15.9 Å². The second-order valence-electron chi connectivity index (χ2n) is 6.04. The van der Waals surface area contributed by atoms with Crippen molar-refractivity contribution in [2.45, 2.75) is 44.6 Å². The second-order valence-corrected chi connectivity index (χ2v) is 6.89. The molecule has 0 aromatic heterocycles. The van der Waals surface area contributed by atoms with E-state index in [9.17, 15) is 14.7 Å². The summed E-state index contributed by atoms with van der Waals surface area (Å²) in [7, 11) is 1.52. The van der Waals surface area contributed by atoms with Gasteiger partial charge in [-0.15, -0.1) is 0 Å². The molecule has 1 aromatic carbocycles. The Kier molecular flexibility index (Phi) is 5.68. The molecule has 1 aliphatic carbocycles. The number of nitrogens with one attached hydrogen (secondary N) is 1. The molecule has 1 aromatic rings. The number of carbonyl (C=O) groups excluding carboxylic acids is 1. The molecule has 1 saturated carbocycles. The predicted octanol–water partition coefficient (Wildman–Crippen LogP) is 3.61. The molecule has 1 amide bonds. The normalized spacial score (nSPS) is 24.0. The van der Waals surface area contributed by atoms with Crippen LogP contribution in [0.25, 0.3) is 0 Å². The molecule has 1 aliphatic rings. The Balaban J connectivity index is 2.21. The number of hydrogen-bond donors (Lipinski definition) is 2. The van der Waals surface area contributed by atoms with Crippen LogP contribution in [0.4, 0.5) is 0 Å². The van der Waals surface area contributed by atoms with Crippen LogP contribution in [0.5, 0.6) is 5.75 Å². The zero-order valence-electron chi connectivity index (χ0n) is 13.4. The van der Waals surface area contributed by atoms with Crippen LogP contribution in [0.15, 0.2) is 22.7 Å². The quantitative estimate of drug-likeness (QED) is 0.813. The number of carbonyl (C=O) groups is 2. The van der Waals surface area contributed by atoms with Crippen molar-refractivity contribution in [3.8, 4) is 5.75 Å². The van der Waals surface area contributed by atoms with Crippen molar-refractivity contribution in [2.24, 2.45) is 5.92 Å². The van der Waals surface area contributed by atoms with Gasteiger partial charge in [0.25, 0.3) is 5.91 Å². The molecule has 0 saturated heterocycles. The first-order valence-electron chi connectivity index (χ1n) is 7.81. The third-order valence-electron chi connectivity index (χ3n) is 4.72. The van der Waals surface area contributed by atoms with Gasteiger partial charge in [0.1, 0.15) is 11.3 Å². The SMILES string of the molecule is CCC1CCC(NC(=O)c2cc(OC)ccc2Br)(C(=O)O)CC1. The highest BCUT2D eigenvalue weighted by Gasteiger charge is 2.43. The van der Waals surface area contributed by atoms with Crippen LogP contribution in [-0.2, 0) is 4.79 Å². The van der Waals surface area contributed by atoms with Crippen LogP contribution in [0, 0.1) is 5.92 Å². The summed E-state index contributed by atoms with van der Waals surface area (Å²) in [6.45, 7) is 2.12. The number of methoxy groups -OCH3 is 1. The van der Waals surface area contributed by atoms with E-state index >= 15 is 0 Å². The molecule has 1 fully saturated rings. The van der Waals surface area contributed by atoms with Crippen LogP contribution in [0.1, 0.15) is 49.4 Å². The minimum Gasteiger partial charge on any atom is -0.497 e. The summed E-state index contributed by atoms with van der Waals surface area (Å²) in [5, 5.41) is 12.4. The average molecular weight is 384 g/mol. The van der Waals surface area contributed by atoms with Gasteiger partial charge in [-0.05, 0) is 65.7 Å². The minimum absolute atomic E-state index is 0.377. The number of ether oxygens (including phenoxy) is 1. The molecule has 0 atom stereocenters. The van der Waals surface area contributed by atoms with E-state index in [2.05, 4.69) is 28.2 Å². The summed E-state index contributed by atoms with van der Waals surface area (Å²) in [5.74, 6) is -0.257. The number of halogens is 1. The topological polar surface area (TPSA) is 75.6 Å². The molecule has 126 valence electrons. The van der Waals surface area contributed by atoms with E-state index < -0.39 is 17.4 Å². The second kappa shape index (κ2) is 7.34. The molecule has 0 spiro atoms. The van der Waals surface area contributed by atoms with E-state index in [1.165, 1.54) is 7.11 Å². The molecule has 5 nitrogen and oxygen atoms in total. The summed E-state index contributed by atoms with van der Waals surface area (Å²) in [6, 6.07) is 5.06. The molecule has 0 bridgehead atoms. The summed E-state index contributed by atoms with van der Waals surface area (Å²) in [4.78, 5) is 24.4. The molecule has 2 rings (SSSR count). The van der Waals surface area contributed by atoms with E-state index in [0.29, 0.717) is 34.5 Å². The molecule has 6 heteroatoms. The number of rotatable bonds is 5. The lowest BCUT2D eigenvalue weighted by Crippen LogP contribution is -2.56. The van der Waals surface area contributed by atoms with Gasteiger partial charge in [-0.2, -0.15) is 0 Å². The molecule has 0 unspecified atom stereocenters. The largest absolute Gasteiger partial charge is 0.497 e. The van der Waals surface area contributed by atoms with Gasteiger partial charge in [0.05, 0.1) is 12.7 Å². The highest BCUT2D eigenvalue weighted by Crippen LogP contribution is 2.34. The maximum absolute atomic E-state index is 12.6. The number of aliphatic carboxylic acids is 1. The molecular weight excluding hydrogens is 362 g/mol. The van der Waals surface area contributed by atoms with Crippen LogP contribution < -0.4 is 10.1 Å². The summed E-state index contributed by atoms with van der Waals surface area (Å²) in [5.41, 5.74) is -0.798. The smallest absolute Gasteiger partial charge is 0.329 e. The van der Waals surface area contributed by atoms with Crippen molar-refractivity contribution in [1.29, 1.82) is 0 Å². The Morgan fingerprint density at radius 1 is 1.39 bits per heavy atom. The predicted molar refractivity (Wildman–Crippen MR) is 90.8 cm³/mol. The minimum atomic E-state index is -1.18. The Labute approximate surface area is 144 Å². The lowest BCUT2D eigenvalue weighted by Gasteiger charge is -2.37. The van der Waals surface area contributed by atoms with E-state index in [0.717, 1.165) is 19.3 Å². The first-order chi connectivity index (χ1) is 10.9. The monoisotopic (exact) mass is 383 g/mol. The number of benzene rings is 1. The van der Waals surface area contributed by atoms with E-state index in [4.69, 9.17) is 4.74 Å². The van der Waals surface area contributed by atoms with E-state index in [-0.39, 0.29) is 0 Å². The molecule has 0 aliphatic heterocycles. The van der Waals surface area contributed by atoms with Crippen molar-refractivity contribution in [1.82, 2.24) is 5.32 Å². The zero-order valence-corrected chi connectivity index (χ0v) is 15.0. The third-order valence-corrected chi connectivity index (χ3v) is 5.41. The lowest BCUT2D eigenvalue weighted by atomic mass is 9.75. The van der Waals surface area contributed by atoms with Gasteiger partial charge in [0, 0.05) is 4.47 Å². The number of hydrogen-bond acceptors (Lipinski definition) is 3. The standard InChI is InChI=1S/C17H22BrNO4/c1-3-11-6-8-17(9-7-11,16(21)22)19-15(20)13-10-12(23-2)4-5-14(13)18/h4-5,10-11H,3,6-9H2,1-2H3,(H,19,20)(H,21,22). The molecule has 2 N–H and O–H groups in total. The van der Waals surface area contributed by atoms with Crippen molar-refractivity contribution in [3.05, 3.63) is 28.2 Å². The van der Waals surface area contributed by atoms with Crippen LogP contribution in [0.3, 0.4) is 0 Å². The molecule has 0 radical (unpaired) electrons. The fourth-order valence-electron chi connectivity index (χ4n) is 3.06. The lowest BCUT2D eigenvalue weighted by molar-refractivity contribution is -0.146. The fourth-order valence-corrected chi connectivity index (χ4v) is 3.49. The summed E-state index contributed by atoms with van der Waals surface area (Å²) < 4.78 is 5.74. The Hall–Kier alpha value is -1.56. The molecule has 0 heterocycles. The van der Waals surface area contributed by atoms with E-state index in [1.807, 2.05) is 0 Å². The van der Waals surface area contributed by atoms with Gasteiger partial charge >= 0.3 is 5.97 Å². The summed E-state index contributed by atoms with van der Waals surface area (Å²) in [6.07, 6.45) is 3.62. The third kappa shape index (κ3) is 3.86. The van der Waals surface area contributed by atoms with Crippen molar-refractivity contribution in [3.63, 3.8) is 0 Å². The first kappa shape index (κ1) is 17.8. The van der Waals surface area contributed by atoms with Crippen molar-refractivity contribution >= 4 is 27.8 Å². The van der Waals surface area contributed by atoms with E-state index in [1.54, 1.807) is 18.2 Å².